The summed E-state index contributed by atoms with van der Waals surface area (Å²) in [7, 11) is 0. The van der Waals surface area contributed by atoms with Crippen LogP contribution in [0.3, 0.4) is 0 Å². The van der Waals surface area contributed by atoms with Crippen LogP contribution in [0.15, 0.2) is 268 Å². The molecule has 0 unspecified atom stereocenters. The topological polar surface area (TPSA) is 6.48 Å². The molecular formula is C60H46N2. The van der Waals surface area contributed by atoms with Gasteiger partial charge < -0.3 is 9.80 Å². The second-order valence-electron chi connectivity index (χ2n) is 15.1. The zero-order valence-corrected chi connectivity index (χ0v) is 34.6. The van der Waals surface area contributed by atoms with Gasteiger partial charge in [0, 0.05) is 34.1 Å². The van der Waals surface area contributed by atoms with Gasteiger partial charge in [-0.2, -0.15) is 0 Å². The highest BCUT2D eigenvalue weighted by Gasteiger charge is 2.17. The third-order valence-electron chi connectivity index (χ3n) is 11.2. The summed E-state index contributed by atoms with van der Waals surface area (Å²) in [4.78, 5) is 4.66. The number of anilines is 6. The summed E-state index contributed by atoms with van der Waals surface area (Å²) >= 11 is 0. The van der Waals surface area contributed by atoms with Crippen molar-refractivity contribution in [2.24, 2.45) is 0 Å². The Balaban J connectivity index is 1.05. The van der Waals surface area contributed by atoms with Crippen LogP contribution in [0.5, 0.6) is 0 Å². The monoisotopic (exact) mass is 794 g/mol. The van der Waals surface area contributed by atoms with E-state index >= 15 is 0 Å². The summed E-state index contributed by atoms with van der Waals surface area (Å²) in [5, 5.41) is 0. The van der Waals surface area contributed by atoms with Crippen LogP contribution in [0.4, 0.5) is 34.1 Å². The quantitative estimate of drug-likeness (QED) is 0.107. The molecule has 0 bridgehead atoms. The lowest BCUT2D eigenvalue weighted by atomic mass is 10.0. The van der Waals surface area contributed by atoms with Crippen molar-refractivity contribution in [2.45, 2.75) is 0 Å². The summed E-state index contributed by atoms with van der Waals surface area (Å²) in [5.74, 6) is 0. The first-order valence-corrected chi connectivity index (χ1v) is 21.0. The molecular weight excluding hydrogens is 749 g/mol. The van der Waals surface area contributed by atoms with Crippen molar-refractivity contribution in [3.8, 4) is 44.5 Å². The van der Waals surface area contributed by atoms with Crippen LogP contribution in [0.25, 0.3) is 50.1 Å². The van der Waals surface area contributed by atoms with E-state index in [1.807, 2.05) is 12.2 Å². The van der Waals surface area contributed by atoms with Gasteiger partial charge in [0.2, 0.25) is 0 Å². The Morgan fingerprint density at radius 1 is 0.290 bits per heavy atom. The predicted molar refractivity (Wildman–Crippen MR) is 266 cm³/mol. The van der Waals surface area contributed by atoms with Crippen molar-refractivity contribution >= 4 is 39.7 Å². The SMILES string of the molecule is C=CC=C(C=C)c1ccc(N(c2ccc(-c3ccccc3)cc2)c2ccc(-c3ccc(N(c4cccc(-c5ccccc5)c4)c4cccc(-c5ccccc5)c4)cc3)cc2)cc1. The Hall–Kier alpha value is -8.20. The van der Waals surface area contributed by atoms with E-state index in [0.29, 0.717) is 0 Å². The maximum absolute atomic E-state index is 4.01. The molecule has 9 rings (SSSR count). The molecule has 0 aliphatic carbocycles. The number of hydrogen-bond acceptors (Lipinski definition) is 2. The minimum Gasteiger partial charge on any atom is -0.311 e. The number of nitrogens with zero attached hydrogens (tertiary/aromatic N) is 2. The zero-order valence-electron chi connectivity index (χ0n) is 34.6. The largest absolute Gasteiger partial charge is 0.311 e. The maximum Gasteiger partial charge on any atom is 0.0467 e. The lowest BCUT2D eigenvalue weighted by Gasteiger charge is -2.27. The molecule has 0 atom stereocenters. The molecule has 0 radical (unpaired) electrons. The molecule has 9 aromatic carbocycles. The van der Waals surface area contributed by atoms with Crippen LogP contribution in [-0.2, 0) is 0 Å². The molecule has 62 heavy (non-hydrogen) atoms. The summed E-state index contributed by atoms with van der Waals surface area (Å²) in [6.07, 6.45) is 5.65. The summed E-state index contributed by atoms with van der Waals surface area (Å²) in [5.41, 5.74) is 18.0. The first-order chi connectivity index (χ1) is 30.6. The van der Waals surface area contributed by atoms with Crippen molar-refractivity contribution in [3.05, 3.63) is 274 Å². The zero-order chi connectivity index (χ0) is 42.1. The van der Waals surface area contributed by atoms with Gasteiger partial charge in [-0.15, -0.1) is 0 Å². The maximum atomic E-state index is 4.01. The molecule has 0 saturated carbocycles. The number of allylic oxidation sites excluding steroid dienone is 4. The molecule has 0 amide bonds. The smallest absolute Gasteiger partial charge is 0.0467 e. The average Bonchev–Trinajstić information content (AvgIpc) is 3.35. The molecule has 0 fully saturated rings. The first-order valence-electron chi connectivity index (χ1n) is 21.0. The van der Waals surface area contributed by atoms with Crippen LogP contribution in [0.2, 0.25) is 0 Å². The molecule has 2 heteroatoms. The van der Waals surface area contributed by atoms with E-state index in [-0.39, 0.29) is 0 Å². The van der Waals surface area contributed by atoms with Crippen LogP contribution in [0.1, 0.15) is 5.56 Å². The van der Waals surface area contributed by atoms with Crippen molar-refractivity contribution in [1.82, 2.24) is 0 Å². The molecule has 0 spiro atoms. The van der Waals surface area contributed by atoms with E-state index < -0.39 is 0 Å². The Labute approximate surface area is 366 Å². The minimum absolute atomic E-state index is 1.03. The molecule has 0 aliphatic rings. The highest BCUT2D eigenvalue weighted by atomic mass is 15.1. The number of benzene rings is 9. The van der Waals surface area contributed by atoms with Gasteiger partial charge in [-0.3, -0.25) is 0 Å². The highest BCUT2D eigenvalue weighted by Crippen LogP contribution is 2.41. The predicted octanol–water partition coefficient (Wildman–Crippen LogP) is 17.0. The standard InChI is InChI=1S/C60H46N2/c1-3-16-45(4-2)49-27-35-55(36-28-49)61(56-37-29-50(30-38-56)46-17-8-5-9-18-46)57-39-31-51(32-40-57)52-33-41-58(42-34-52)62(59-25-14-23-53(43-59)47-19-10-6-11-20-47)60-26-15-24-54(44-60)48-21-12-7-13-22-48/h3-44H,1-2H2. The Kier molecular flexibility index (Phi) is 11.6. The van der Waals surface area contributed by atoms with E-state index in [0.717, 1.165) is 56.4 Å². The van der Waals surface area contributed by atoms with E-state index in [1.165, 1.54) is 33.4 Å². The number of rotatable bonds is 13. The number of hydrogen-bond donors (Lipinski definition) is 0. The fourth-order valence-electron chi connectivity index (χ4n) is 8.06. The average molecular weight is 795 g/mol. The summed E-state index contributed by atoms with van der Waals surface area (Å²) in [6, 6.07) is 84.5. The van der Waals surface area contributed by atoms with E-state index in [2.05, 4.69) is 260 Å². The highest BCUT2D eigenvalue weighted by molar-refractivity contribution is 5.85. The van der Waals surface area contributed by atoms with E-state index in [9.17, 15) is 0 Å². The molecule has 0 saturated heterocycles. The third-order valence-corrected chi connectivity index (χ3v) is 11.2. The van der Waals surface area contributed by atoms with E-state index in [1.54, 1.807) is 6.08 Å². The van der Waals surface area contributed by atoms with Crippen molar-refractivity contribution < 1.29 is 0 Å². The van der Waals surface area contributed by atoms with Crippen LogP contribution >= 0.6 is 0 Å². The molecule has 296 valence electrons. The normalized spacial score (nSPS) is 11.1. The molecule has 9 aromatic rings. The van der Waals surface area contributed by atoms with Gasteiger partial charge >= 0.3 is 0 Å². The molecule has 0 aromatic heterocycles. The van der Waals surface area contributed by atoms with E-state index in [4.69, 9.17) is 0 Å². The third kappa shape index (κ3) is 8.58. The first kappa shape index (κ1) is 39.3. The van der Waals surface area contributed by atoms with Crippen molar-refractivity contribution in [2.75, 3.05) is 9.80 Å². The Bertz CT molecular complexity index is 2850. The molecule has 0 heterocycles. The molecule has 2 nitrogen and oxygen atoms in total. The fraction of sp³-hybridized carbons (Fsp3) is 0. The van der Waals surface area contributed by atoms with Crippen LogP contribution in [-0.4, -0.2) is 0 Å². The van der Waals surface area contributed by atoms with Crippen molar-refractivity contribution in [3.63, 3.8) is 0 Å². The lowest BCUT2D eigenvalue weighted by molar-refractivity contribution is 1.28. The summed E-state index contributed by atoms with van der Waals surface area (Å²) in [6.45, 7) is 7.90. The van der Waals surface area contributed by atoms with Gasteiger partial charge in [0.05, 0.1) is 0 Å². The van der Waals surface area contributed by atoms with Gasteiger partial charge in [0.1, 0.15) is 0 Å². The molecule has 0 aliphatic heterocycles. The second-order valence-corrected chi connectivity index (χ2v) is 15.1. The minimum atomic E-state index is 1.03. The summed E-state index contributed by atoms with van der Waals surface area (Å²) < 4.78 is 0. The fourth-order valence-corrected chi connectivity index (χ4v) is 8.06. The van der Waals surface area contributed by atoms with Gasteiger partial charge in [-0.1, -0.05) is 195 Å². The van der Waals surface area contributed by atoms with Gasteiger partial charge in [-0.25, -0.2) is 0 Å². The van der Waals surface area contributed by atoms with Crippen molar-refractivity contribution in [1.29, 1.82) is 0 Å². The van der Waals surface area contributed by atoms with Gasteiger partial charge in [0.25, 0.3) is 0 Å². The van der Waals surface area contributed by atoms with Gasteiger partial charge in [0.15, 0.2) is 0 Å². The lowest BCUT2D eigenvalue weighted by Crippen LogP contribution is -2.10. The molecule has 0 N–H and O–H groups in total. The van der Waals surface area contributed by atoms with Crippen LogP contribution in [0, 0.1) is 0 Å². The Morgan fingerprint density at radius 2 is 0.597 bits per heavy atom. The second kappa shape index (κ2) is 18.4. The van der Waals surface area contributed by atoms with Crippen LogP contribution < -0.4 is 9.80 Å². The Morgan fingerprint density at radius 3 is 0.952 bits per heavy atom. The van der Waals surface area contributed by atoms with Gasteiger partial charge in [-0.05, 0) is 128 Å².